The maximum Gasteiger partial charge on any atom is 0.341 e. The molecule has 1 aromatic rings. The molecule has 0 heterocycles. The van der Waals surface area contributed by atoms with E-state index in [2.05, 4.69) is 6.07 Å². The molecule has 108 valence electrons. The summed E-state index contributed by atoms with van der Waals surface area (Å²) in [6.07, 6.45) is 1.50. The summed E-state index contributed by atoms with van der Waals surface area (Å²) < 4.78 is 10.6. The molecule has 0 N–H and O–H groups in total. The summed E-state index contributed by atoms with van der Waals surface area (Å²) in [6.45, 7) is 3.67. The second-order valence-corrected chi connectivity index (χ2v) is 4.89. The average molecular weight is 275 g/mol. The molecule has 0 aromatic heterocycles. The molecule has 0 saturated carbocycles. The molecule has 0 saturated heterocycles. The zero-order valence-electron chi connectivity index (χ0n) is 12.3. The molecule has 4 nitrogen and oxygen atoms in total. The van der Waals surface area contributed by atoms with E-state index in [-0.39, 0.29) is 0 Å². The largest absolute Gasteiger partial charge is 0.442 e. The zero-order chi connectivity index (χ0) is 15.0. The lowest BCUT2D eigenvalue weighted by Gasteiger charge is -2.24. The van der Waals surface area contributed by atoms with Crippen molar-refractivity contribution >= 4 is 5.97 Å². The van der Waals surface area contributed by atoms with Gasteiger partial charge < -0.3 is 9.47 Å². The molecule has 0 fully saturated rings. The molecule has 0 spiro atoms. The van der Waals surface area contributed by atoms with E-state index in [0.29, 0.717) is 6.42 Å². The van der Waals surface area contributed by atoms with E-state index in [9.17, 15) is 10.1 Å². The predicted octanol–water partition coefficient (Wildman–Crippen LogP) is 3.39. The topological polar surface area (TPSA) is 59.3 Å². The van der Waals surface area contributed by atoms with Crippen molar-refractivity contribution < 1.29 is 14.3 Å². The van der Waals surface area contributed by atoms with Gasteiger partial charge in [-0.2, -0.15) is 5.26 Å². The summed E-state index contributed by atoms with van der Waals surface area (Å²) in [7, 11) is 1.45. The standard InChI is InChI=1S/C16H21NO3/c1-4-5-11-16(2,12-17)20-15(18)14(19-3)13-9-7-6-8-10-13/h6-10,14H,4-5,11H2,1-3H3/t14-,16-/m1/s1. The molecule has 1 aromatic carbocycles. The lowest BCUT2D eigenvalue weighted by Crippen LogP contribution is -2.33. The number of carbonyl (C=O) groups excluding carboxylic acids is 1. The number of nitrogens with zero attached hydrogens (tertiary/aromatic N) is 1. The smallest absolute Gasteiger partial charge is 0.341 e. The first-order valence-electron chi connectivity index (χ1n) is 6.78. The van der Waals surface area contributed by atoms with Crippen LogP contribution in [0, 0.1) is 11.3 Å². The molecule has 0 aliphatic heterocycles. The van der Waals surface area contributed by atoms with Crippen LogP contribution in [-0.2, 0) is 14.3 Å². The first-order chi connectivity index (χ1) is 9.56. The van der Waals surface area contributed by atoms with Crippen LogP contribution in [0.1, 0.15) is 44.8 Å². The first kappa shape index (κ1) is 16.2. The van der Waals surface area contributed by atoms with E-state index in [1.54, 1.807) is 19.1 Å². The van der Waals surface area contributed by atoms with Gasteiger partial charge in [-0.05, 0) is 18.9 Å². The van der Waals surface area contributed by atoms with Crippen LogP contribution in [0.4, 0.5) is 0 Å². The highest BCUT2D eigenvalue weighted by Gasteiger charge is 2.32. The Kier molecular flexibility index (Phi) is 6.20. The Hall–Kier alpha value is -1.86. The van der Waals surface area contributed by atoms with Crippen molar-refractivity contribution in [1.29, 1.82) is 5.26 Å². The van der Waals surface area contributed by atoms with Crippen molar-refractivity contribution in [2.75, 3.05) is 7.11 Å². The number of methoxy groups -OCH3 is 1. The Morgan fingerprint density at radius 2 is 2.05 bits per heavy atom. The fraction of sp³-hybridized carbons (Fsp3) is 0.500. The van der Waals surface area contributed by atoms with Crippen molar-refractivity contribution in [3.63, 3.8) is 0 Å². The van der Waals surface area contributed by atoms with Gasteiger partial charge in [0.05, 0.1) is 0 Å². The van der Waals surface area contributed by atoms with Gasteiger partial charge in [-0.25, -0.2) is 4.79 Å². The summed E-state index contributed by atoms with van der Waals surface area (Å²) in [6, 6.07) is 11.2. The maximum absolute atomic E-state index is 12.2. The Labute approximate surface area is 120 Å². The molecule has 0 aliphatic carbocycles. The number of esters is 1. The summed E-state index contributed by atoms with van der Waals surface area (Å²) in [5.74, 6) is -0.529. The quantitative estimate of drug-likeness (QED) is 0.716. The number of nitriles is 1. The molecule has 0 aliphatic rings. The lowest BCUT2D eigenvalue weighted by molar-refractivity contribution is -0.166. The van der Waals surface area contributed by atoms with Crippen molar-refractivity contribution in [1.82, 2.24) is 0 Å². The van der Waals surface area contributed by atoms with Gasteiger partial charge in [0.25, 0.3) is 0 Å². The Balaban J connectivity index is 2.80. The fourth-order valence-electron chi connectivity index (χ4n) is 1.92. The highest BCUT2D eigenvalue weighted by molar-refractivity contribution is 5.77. The summed E-state index contributed by atoms with van der Waals surface area (Å²) in [5.41, 5.74) is -0.380. The number of ether oxygens (including phenoxy) is 2. The summed E-state index contributed by atoms with van der Waals surface area (Å²) >= 11 is 0. The minimum Gasteiger partial charge on any atom is -0.442 e. The van der Waals surface area contributed by atoms with Crippen LogP contribution < -0.4 is 0 Å². The third-order valence-electron chi connectivity index (χ3n) is 3.12. The monoisotopic (exact) mass is 275 g/mol. The number of rotatable bonds is 7. The second kappa shape index (κ2) is 7.66. The van der Waals surface area contributed by atoms with Crippen LogP contribution in [0.5, 0.6) is 0 Å². The van der Waals surface area contributed by atoms with E-state index in [4.69, 9.17) is 9.47 Å². The van der Waals surface area contributed by atoms with Gasteiger partial charge in [0.1, 0.15) is 6.07 Å². The van der Waals surface area contributed by atoms with Crippen molar-refractivity contribution in [2.24, 2.45) is 0 Å². The second-order valence-electron chi connectivity index (χ2n) is 4.89. The summed E-state index contributed by atoms with van der Waals surface area (Å²) in [5, 5.41) is 9.22. The van der Waals surface area contributed by atoms with Gasteiger partial charge in [-0.15, -0.1) is 0 Å². The normalized spacial score (nSPS) is 14.9. The molecule has 0 radical (unpaired) electrons. The molecular weight excluding hydrogens is 254 g/mol. The average Bonchev–Trinajstić information content (AvgIpc) is 2.47. The van der Waals surface area contributed by atoms with E-state index < -0.39 is 17.7 Å². The molecule has 0 bridgehead atoms. The SMILES string of the molecule is CCCC[C@](C)(C#N)OC(=O)[C@H](OC)c1ccccc1. The Bertz CT molecular complexity index is 466. The van der Waals surface area contributed by atoms with E-state index in [1.807, 2.05) is 25.1 Å². The summed E-state index contributed by atoms with van der Waals surface area (Å²) in [4.78, 5) is 12.2. The number of benzene rings is 1. The molecule has 2 atom stereocenters. The van der Waals surface area contributed by atoms with Gasteiger partial charge in [-0.1, -0.05) is 43.7 Å². The zero-order valence-corrected chi connectivity index (χ0v) is 12.3. The van der Waals surface area contributed by atoms with Crippen LogP contribution >= 0.6 is 0 Å². The third kappa shape index (κ3) is 4.36. The number of carbonyl (C=O) groups is 1. The third-order valence-corrected chi connectivity index (χ3v) is 3.12. The highest BCUT2D eigenvalue weighted by atomic mass is 16.6. The van der Waals surface area contributed by atoms with Gasteiger partial charge in [0.2, 0.25) is 0 Å². The molecule has 0 amide bonds. The highest BCUT2D eigenvalue weighted by Crippen LogP contribution is 2.24. The van der Waals surface area contributed by atoms with Gasteiger partial charge >= 0.3 is 5.97 Å². The van der Waals surface area contributed by atoms with Crippen LogP contribution in [-0.4, -0.2) is 18.7 Å². The van der Waals surface area contributed by atoms with Crippen molar-refractivity contribution in [2.45, 2.75) is 44.8 Å². The number of hydrogen-bond acceptors (Lipinski definition) is 4. The van der Waals surface area contributed by atoms with Crippen LogP contribution in [0.15, 0.2) is 30.3 Å². The molecule has 20 heavy (non-hydrogen) atoms. The van der Waals surface area contributed by atoms with E-state index in [1.165, 1.54) is 7.11 Å². The Morgan fingerprint density at radius 1 is 1.40 bits per heavy atom. The van der Waals surface area contributed by atoms with Crippen LogP contribution in [0.25, 0.3) is 0 Å². The van der Waals surface area contributed by atoms with Crippen molar-refractivity contribution in [3.8, 4) is 6.07 Å². The Morgan fingerprint density at radius 3 is 2.55 bits per heavy atom. The molecular formula is C16H21NO3. The van der Waals surface area contributed by atoms with Crippen molar-refractivity contribution in [3.05, 3.63) is 35.9 Å². The minimum absolute atomic E-state index is 0.525. The maximum atomic E-state index is 12.2. The molecule has 1 rings (SSSR count). The van der Waals surface area contributed by atoms with Gasteiger partial charge in [0.15, 0.2) is 11.7 Å². The fourth-order valence-corrected chi connectivity index (χ4v) is 1.92. The lowest BCUT2D eigenvalue weighted by atomic mass is 10.0. The van der Waals surface area contributed by atoms with E-state index in [0.717, 1.165) is 18.4 Å². The number of unbranched alkanes of at least 4 members (excludes halogenated alkanes) is 1. The number of hydrogen-bond donors (Lipinski definition) is 0. The van der Waals surface area contributed by atoms with E-state index >= 15 is 0 Å². The van der Waals surface area contributed by atoms with Crippen LogP contribution in [0.3, 0.4) is 0 Å². The molecule has 4 heteroatoms. The van der Waals surface area contributed by atoms with Gasteiger partial charge in [0, 0.05) is 13.5 Å². The van der Waals surface area contributed by atoms with Crippen LogP contribution in [0.2, 0.25) is 0 Å². The van der Waals surface area contributed by atoms with Gasteiger partial charge in [-0.3, -0.25) is 0 Å². The minimum atomic E-state index is -1.10. The first-order valence-corrected chi connectivity index (χ1v) is 6.78. The predicted molar refractivity (Wildman–Crippen MR) is 75.8 cm³/mol. The molecule has 0 unspecified atom stereocenters.